The monoisotopic (exact) mass is 545 g/mol. The Hall–Kier alpha value is -3.02. The number of halogens is 2. The standard InChI is InChI=1S/C27H21Br2N3/c28-25-11-5-21(6-12-25)18-30-17-20-1-7-23(8-2-20)24-9-3-22(4-10-24)19-31-32-27-15-13-26(29)14-16-27/h1-17,19,32H,18H2/b30-17?,31-19+. The van der Waals surface area contributed by atoms with Gasteiger partial charge in [0.2, 0.25) is 0 Å². The summed E-state index contributed by atoms with van der Waals surface area (Å²) in [4.78, 5) is 4.55. The van der Waals surface area contributed by atoms with Crippen LogP contribution >= 0.6 is 31.9 Å². The molecule has 0 atom stereocenters. The lowest BCUT2D eigenvalue weighted by Crippen LogP contribution is -1.90. The summed E-state index contributed by atoms with van der Waals surface area (Å²) in [6, 6.07) is 32.9. The number of hydrazone groups is 1. The van der Waals surface area contributed by atoms with Crippen LogP contribution in [-0.4, -0.2) is 12.4 Å². The van der Waals surface area contributed by atoms with Crippen LogP contribution in [0.5, 0.6) is 0 Å². The van der Waals surface area contributed by atoms with E-state index < -0.39 is 0 Å². The minimum absolute atomic E-state index is 0.675. The molecule has 0 aromatic heterocycles. The van der Waals surface area contributed by atoms with Crippen LogP contribution in [0.2, 0.25) is 0 Å². The van der Waals surface area contributed by atoms with E-state index in [1.807, 2.05) is 48.8 Å². The van der Waals surface area contributed by atoms with E-state index in [9.17, 15) is 0 Å². The first-order valence-corrected chi connectivity index (χ1v) is 11.7. The molecule has 0 aliphatic rings. The zero-order chi connectivity index (χ0) is 22.2. The molecule has 0 radical (unpaired) electrons. The highest BCUT2D eigenvalue weighted by Gasteiger charge is 1.98. The second kappa shape index (κ2) is 11.0. The molecule has 0 unspecified atom stereocenters. The van der Waals surface area contributed by atoms with Crippen molar-refractivity contribution in [3.05, 3.63) is 123 Å². The molecule has 4 aromatic rings. The molecule has 4 aromatic carbocycles. The predicted octanol–water partition coefficient (Wildman–Crippen LogP) is 7.94. The molecule has 0 aliphatic heterocycles. The molecule has 4 rings (SSSR count). The maximum Gasteiger partial charge on any atom is 0.0639 e. The molecular weight excluding hydrogens is 526 g/mol. The molecule has 158 valence electrons. The van der Waals surface area contributed by atoms with Crippen LogP contribution in [0.3, 0.4) is 0 Å². The normalized spacial score (nSPS) is 11.3. The minimum atomic E-state index is 0.675. The Morgan fingerprint density at radius 2 is 1.09 bits per heavy atom. The van der Waals surface area contributed by atoms with E-state index in [0.717, 1.165) is 25.8 Å². The zero-order valence-corrected chi connectivity index (χ0v) is 20.4. The molecule has 0 saturated heterocycles. The van der Waals surface area contributed by atoms with Crippen molar-refractivity contribution < 1.29 is 0 Å². The molecule has 5 heteroatoms. The second-order valence-corrected chi connectivity index (χ2v) is 9.05. The van der Waals surface area contributed by atoms with Gasteiger partial charge in [-0.1, -0.05) is 92.5 Å². The van der Waals surface area contributed by atoms with Crippen LogP contribution < -0.4 is 5.43 Å². The van der Waals surface area contributed by atoms with Crippen LogP contribution in [-0.2, 0) is 6.54 Å². The largest absolute Gasteiger partial charge is 0.288 e. The van der Waals surface area contributed by atoms with Crippen molar-refractivity contribution in [2.24, 2.45) is 10.1 Å². The van der Waals surface area contributed by atoms with Gasteiger partial charge in [0.25, 0.3) is 0 Å². The summed E-state index contributed by atoms with van der Waals surface area (Å²) < 4.78 is 2.13. The molecule has 3 nitrogen and oxygen atoms in total. The molecule has 0 amide bonds. The molecule has 0 heterocycles. The van der Waals surface area contributed by atoms with Gasteiger partial charge in [-0.15, -0.1) is 0 Å². The van der Waals surface area contributed by atoms with Gasteiger partial charge in [0.15, 0.2) is 0 Å². The Morgan fingerprint density at radius 1 is 0.594 bits per heavy atom. The lowest BCUT2D eigenvalue weighted by Gasteiger charge is -2.04. The number of aliphatic imine (C=N–C) groups is 1. The SMILES string of the molecule is Brc1ccc(CN=Cc2ccc(-c3ccc(/C=N/Nc4ccc(Br)cc4)cc3)cc2)cc1. The molecule has 0 spiro atoms. The number of anilines is 1. The highest BCUT2D eigenvalue weighted by atomic mass is 79.9. The third kappa shape index (κ3) is 6.49. The number of benzene rings is 4. The highest BCUT2D eigenvalue weighted by Crippen LogP contribution is 2.20. The lowest BCUT2D eigenvalue weighted by molar-refractivity contribution is 1.08. The van der Waals surface area contributed by atoms with E-state index in [2.05, 4.69) is 108 Å². The van der Waals surface area contributed by atoms with Gasteiger partial charge in [-0.2, -0.15) is 5.10 Å². The Morgan fingerprint density at radius 3 is 1.66 bits per heavy atom. The van der Waals surface area contributed by atoms with Gasteiger partial charge >= 0.3 is 0 Å². The van der Waals surface area contributed by atoms with Gasteiger partial charge < -0.3 is 0 Å². The number of nitrogens with zero attached hydrogens (tertiary/aromatic N) is 2. The first-order valence-electron chi connectivity index (χ1n) is 10.2. The number of hydrogen-bond acceptors (Lipinski definition) is 3. The Kier molecular flexibility index (Phi) is 7.64. The van der Waals surface area contributed by atoms with Crippen molar-refractivity contribution in [3.8, 4) is 11.1 Å². The highest BCUT2D eigenvalue weighted by molar-refractivity contribution is 9.10. The topological polar surface area (TPSA) is 36.8 Å². The molecule has 0 saturated carbocycles. The van der Waals surface area contributed by atoms with Crippen LogP contribution in [0, 0.1) is 0 Å². The number of nitrogens with one attached hydrogen (secondary N) is 1. The minimum Gasteiger partial charge on any atom is -0.288 e. The summed E-state index contributed by atoms with van der Waals surface area (Å²) in [6.07, 6.45) is 3.74. The van der Waals surface area contributed by atoms with Gasteiger partial charge in [0.1, 0.15) is 0 Å². The van der Waals surface area contributed by atoms with Crippen molar-refractivity contribution in [3.63, 3.8) is 0 Å². The quantitative estimate of drug-likeness (QED) is 0.185. The first-order chi connectivity index (χ1) is 15.7. The lowest BCUT2D eigenvalue weighted by atomic mass is 10.0. The van der Waals surface area contributed by atoms with E-state index >= 15 is 0 Å². The fourth-order valence-corrected chi connectivity index (χ4v) is 3.60. The van der Waals surface area contributed by atoms with Crippen molar-refractivity contribution >= 4 is 50.0 Å². The van der Waals surface area contributed by atoms with Crippen LogP contribution in [0.4, 0.5) is 5.69 Å². The molecule has 0 fully saturated rings. The Balaban J connectivity index is 1.33. The first kappa shape index (κ1) is 22.2. The molecule has 1 N–H and O–H groups in total. The predicted molar refractivity (Wildman–Crippen MR) is 143 cm³/mol. The summed E-state index contributed by atoms with van der Waals surface area (Å²) in [5, 5.41) is 4.30. The van der Waals surface area contributed by atoms with Gasteiger partial charge in [-0.25, -0.2) is 0 Å². The Labute approximate surface area is 205 Å². The van der Waals surface area contributed by atoms with E-state index in [0.29, 0.717) is 6.54 Å². The van der Waals surface area contributed by atoms with Crippen molar-refractivity contribution in [1.29, 1.82) is 0 Å². The molecule has 0 bridgehead atoms. The summed E-state index contributed by atoms with van der Waals surface area (Å²) in [5.41, 5.74) is 9.64. The average Bonchev–Trinajstić information content (AvgIpc) is 2.83. The molecule has 0 aliphatic carbocycles. The van der Waals surface area contributed by atoms with E-state index in [1.165, 1.54) is 16.7 Å². The van der Waals surface area contributed by atoms with E-state index in [1.54, 1.807) is 0 Å². The molecular formula is C27H21Br2N3. The fraction of sp³-hybridized carbons (Fsp3) is 0.0370. The van der Waals surface area contributed by atoms with Gasteiger partial charge in [-0.3, -0.25) is 10.4 Å². The fourth-order valence-electron chi connectivity index (χ4n) is 3.08. The van der Waals surface area contributed by atoms with E-state index in [4.69, 9.17) is 0 Å². The van der Waals surface area contributed by atoms with E-state index in [-0.39, 0.29) is 0 Å². The third-order valence-corrected chi connectivity index (χ3v) is 5.89. The molecule has 32 heavy (non-hydrogen) atoms. The Bertz CT molecular complexity index is 1100. The maximum atomic E-state index is 4.55. The zero-order valence-electron chi connectivity index (χ0n) is 17.2. The van der Waals surface area contributed by atoms with Gasteiger partial charge in [0, 0.05) is 15.2 Å². The summed E-state index contributed by atoms with van der Waals surface area (Å²) in [5.74, 6) is 0. The second-order valence-electron chi connectivity index (χ2n) is 7.22. The third-order valence-electron chi connectivity index (χ3n) is 4.83. The van der Waals surface area contributed by atoms with Crippen LogP contribution in [0.1, 0.15) is 16.7 Å². The van der Waals surface area contributed by atoms with Crippen molar-refractivity contribution in [2.75, 3.05) is 5.43 Å². The van der Waals surface area contributed by atoms with Gasteiger partial charge in [-0.05, 0) is 64.2 Å². The van der Waals surface area contributed by atoms with Crippen molar-refractivity contribution in [2.45, 2.75) is 6.54 Å². The van der Waals surface area contributed by atoms with Crippen LogP contribution in [0.25, 0.3) is 11.1 Å². The summed E-state index contributed by atoms with van der Waals surface area (Å²) in [6.45, 7) is 0.675. The average molecular weight is 547 g/mol. The number of rotatable bonds is 7. The number of hydrogen-bond donors (Lipinski definition) is 1. The smallest absolute Gasteiger partial charge is 0.0639 e. The van der Waals surface area contributed by atoms with Crippen molar-refractivity contribution in [1.82, 2.24) is 0 Å². The van der Waals surface area contributed by atoms with Crippen LogP contribution in [0.15, 0.2) is 116 Å². The maximum absolute atomic E-state index is 4.55. The van der Waals surface area contributed by atoms with Gasteiger partial charge in [0.05, 0.1) is 18.4 Å². The summed E-state index contributed by atoms with van der Waals surface area (Å²) >= 11 is 6.88. The summed E-state index contributed by atoms with van der Waals surface area (Å²) in [7, 11) is 0.